The van der Waals surface area contributed by atoms with Crippen LogP contribution < -0.4 is 0 Å². The molecule has 0 N–H and O–H groups in total. The second-order valence-electron chi connectivity index (χ2n) is 5.59. The summed E-state index contributed by atoms with van der Waals surface area (Å²) in [4.78, 5) is 13.7. The average Bonchev–Trinajstić information content (AvgIpc) is 2.26. The monoisotopic (exact) mass is 252 g/mol. The maximum absolute atomic E-state index is 12.2. The molecule has 0 radical (unpaired) electrons. The third-order valence-corrected chi connectivity index (χ3v) is 3.77. The summed E-state index contributed by atoms with van der Waals surface area (Å²) < 4.78 is 5.54. The summed E-state index contributed by atoms with van der Waals surface area (Å²) in [6.07, 6.45) is 3.08. The summed E-state index contributed by atoms with van der Waals surface area (Å²) in [5, 5.41) is 9.20. The maximum atomic E-state index is 12.2. The smallest absolute Gasteiger partial charge is 0.252 e. The topological polar surface area (TPSA) is 53.3 Å². The quantitative estimate of drug-likeness (QED) is 0.729. The molecule has 1 aliphatic rings. The van der Waals surface area contributed by atoms with E-state index >= 15 is 0 Å². The van der Waals surface area contributed by atoms with Gasteiger partial charge in [0.25, 0.3) is 5.91 Å². The number of hydrogen-bond acceptors (Lipinski definition) is 3. The van der Waals surface area contributed by atoms with Crippen molar-refractivity contribution >= 4 is 5.91 Å². The van der Waals surface area contributed by atoms with Crippen LogP contribution in [-0.2, 0) is 9.53 Å². The second kappa shape index (κ2) is 6.19. The molecule has 0 aromatic rings. The van der Waals surface area contributed by atoms with Crippen LogP contribution in [-0.4, -0.2) is 36.1 Å². The zero-order valence-corrected chi connectivity index (χ0v) is 11.9. The first-order valence-electron chi connectivity index (χ1n) is 6.73. The minimum absolute atomic E-state index is 0.0833. The molecule has 102 valence electrons. The van der Waals surface area contributed by atoms with Gasteiger partial charge in [0.1, 0.15) is 11.6 Å². The van der Waals surface area contributed by atoms with Gasteiger partial charge in [0, 0.05) is 13.7 Å². The van der Waals surface area contributed by atoms with Crippen molar-refractivity contribution < 1.29 is 9.53 Å². The number of ether oxygens (including phenoxy) is 1. The van der Waals surface area contributed by atoms with Crippen LogP contribution >= 0.6 is 0 Å². The Morgan fingerprint density at radius 3 is 2.44 bits per heavy atom. The largest absolute Gasteiger partial charge is 0.369 e. The predicted octanol–water partition coefficient (Wildman–Crippen LogP) is 2.34. The number of carbonyl (C=O) groups excluding carboxylic acids is 1. The third-order valence-electron chi connectivity index (χ3n) is 3.77. The van der Waals surface area contributed by atoms with E-state index in [4.69, 9.17) is 4.74 Å². The molecule has 1 saturated carbocycles. The first-order chi connectivity index (χ1) is 8.43. The van der Waals surface area contributed by atoms with E-state index in [0.29, 0.717) is 12.5 Å². The minimum atomic E-state index is -0.577. The Morgan fingerprint density at radius 1 is 1.44 bits per heavy atom. The number of nitriles is 1. The Morgan fingerprint density at radius 2 is 2.06 bits per heavy atom. The highest BCUT2D eigenvalue weighted by atomic mass is 16.5. The van der Waals surface area contributed by atoms with Crippen LogP contribution in [0.4, 0.5) is 0 Å². The van der Waals surface area contributed by atoms with E-state index < -0.39 is 11.6 Å². The molecule has 0 spiro atoms. The molecule has 1 aliphatic carbocycles. The number of rotatable bonds is 6. The molecule has 1 rings (SSSR count). The first-order valence-corrected chi connectivity index (χ1v) is 6.73. The van der Waals surface area contributed by atoms with Crippen LogP contribution in [0.1, 0.15) is 46.5 Å². The molecule has 1 unspecified atom stereocenters. The summed E-state index contributed by atoms with van der Waals surface area (Å²) in [6, 6.07) is 2.27. The summed E-state index contributed by atoms with van der Waals surface area (Å²) in [6.45, 7) is 6.61. The average molecular weight is 252 g/mol. The van der Waals surface area contributed by atoms with Crippen molar-refractivity contribution in [2.45, 2.75) is 58.1 Å². The van der Waals surface area contributed by atoms with Gasteiger partial charge in [-0.25, -0.2) is 0 Å². The fourth-order valence-corrected chi connectivity index (χ4v) is 2.07. The van der Waals surface area contributed by atoms with Crippen molar-refractivity contribution in [1.29, 1.82) is 5.26 Å². The fraction of sp³-hybridized carbons (Fsp3) is 0.857. The zero-order valence-electron chi connectivity index (χ0n) is 11.9. The van der Waals surface area contributed by atoms with Gasteiger partial charge in [0.2, 0.25) is 0 Å². The highest BCUT2D eigenvalue weighted by Crippen LogP contribution is 2.36. The van der Waals surface area contributed by atoms with Crippen molar-refractivity contribution in [3.63, 3.8) is 0 Å². The van der Waals surface area contributed by atoms with E-state index in [1.54, 1.807) is 18.9 Å². The number of amides is 1. The summed E-state index contributed by atoms with van der Waals surface area (Å²) in [7, 11) is 1.72. The molecule has 1 atom stereocenters. The van der Waals surface area contributed by atoms with Gasteiger partial charge in [0.15, 0.2) is 0 Å². The van der Waals surface area contributed by atoms with Crippen LogP contribution in [0, 0.1) is 17.2 Å². The Labute approximate surface area is 110 Å². The molecule has 0 saturated heterocycles. The van der Waals surface area contributed by atoms with Gasteiger partial charge < -0.3 is 9.64 Å². The third kappa shape index (κ3) is 3.23. The van der Waals surface area contributed by atoms with E-state index in [-0.39, 0.29) is 5.91 Å². The van der Waals surface area contributed by atoms with Crippen molar-refractivity contribution in [2.75, 3.05) is 13.7 Å². The molecule has 0 aromatic carbocycles. The van der Waals surface area contributed by atoms with Gasteiger partial charge >= 0.3 is 0 Å². The molecule has 0 aliphatic heterocycles. The van der Waals surface area contributed by atoms with Crippen molar-refractivity contribution in [3.05, 3.63) is 0 Å². The second-order valence-corrected chi connectivity index (χ2v) is 5.59. The predicted molar refractivity (Wildman–Crippen MR) is 69.8 cm³/mol. The van der Waals surface area contributed by atoms with Gasteiger partial charge in [-0.2, -0.15) is 5.26 Å². The normalized spacial score (nSPS) is 18.9. The van der Waals surface area contributed by atoms with E-state index in [0.717, 1.165) is 25.7 Å². The summed E-state index contributed by atoms with van der Waals surface area (Å²) in [5.41, 5.74) is -0.577. The highest BCUT2D eigenvalue weighted by molar-refractivity contribution is 5.81. The molecule has 1 fully saturated rings. The van der Waals surface area contributed by atoms with E-state index in [9.17, 15) is 10.1 Å². The SMILES string of the molecule is CC(C)CCOC(C)C(=O)N(C)C1(C#N)CCC1. The van der Waals surface area contributed by atoms with E-state index in [1.165, 1.54) is 0 Å². The zero-order chi connectivity index (χ0) is 13.8. The summed E-state index contributed by atoms with van der Waals surface area (Å²) in [5.74, 6) is 0.488. The van der Waals surface area contributed by atoms with Crippen molar-refractivity contribution in [3.8, 4) is 6.07 Å². The lowest BCUT2D eigenvalue weighted by molar-refractivity contribution is -0.148. The Hall–Kier alpha value is -1.08. The van der Waals surface area contributed by atoms with Crippen molar-refractivity contribution in [1.82, 2.24) is 4.90 Å². The van der Waals surface area contributed by atoms with Gasteiger partial charge in [-0.1, -0.05) is 13.8 Å². The number of hydrogen-bond donors (Lipinski definition) is 0. The molecular formula is C14H24N2O2. The molecule has 0 heterocycles. The standard InChI is InChI=1S/C14H24N2O2/c1-11(2)6-9-18-12(3)13(17)16(4)14(10-15)7-5-8-14/h11-12H,5-9H2,1-4H3. The Kier molecular flexibility index (Phi) is 5.15. The number of carbonyl (C=O) groups is 1. The molecule has 4 heteroatoms. The lowest BCUT2D eigenvalue weighted by Gasteiger charge is -2.43. The molecule has 1 amide bonds. The van der Waals surface area contributed by atoms with E-state index in [1.807, 2.05) is 0 Å². The van der Waals surface area contributed by atoms with Gasteiger partial charge in [-0.05, 0) is 38.5 Å². The fourth-order valence-electron chi connectivity index (χ4n) is 2.07. The Balaban J connectivity index is 2.46. The molecule has 0 aromatic heterocycles. The van der Waals surface area contributed by atoms with Gasteiger partial charge in [-0.3, -0.25) is 4.79 Å². The Bertz CT molecular complexity index is 329. The number of likely N-dealkylation sites (N-methyl/N-ethyl adjacent to an activating group) is 1. The van der Waals surface area contributed by atoms with Crippen LogP contribution in [0.2, 0.25) is 0 Å². The molecule has 18 heavy (non-hydrogen) atoms. The minimum Gasteiger partial charge on any atom is -0.369 e. The highest BCUT2D eigenvalue weighted by Gasteiger charge is 2.44. The van der Waals surface area contributed by atoms with Crippen LogP contribution in [0.5, 0.6) is 0 Å². The first kappa shape index (κ1) is 15.0. The van der Waals surface area contributed by atoms with Gasteiger partial charge in [0.05, 0.1) is 6.07 Å². The number of nitrogens with zero attached hydrogens (tertiary/aromatic N) is 2. The molecular weight excluding hydrogens is 228 g/mol. The van der Waals surface area contributed by atoms with Crippen LogP contribution in [0.25, 0.3) is 0 Å². The lowest BCUT2D eigenvalue weighted by Crippen LogP contribution is -2.55. The van der Waals surface area contributed by atoms with Crippen LogP contribution in [0.3, 0.4) is 0 Å². The maximum Gasteiger partial charge on any atom is 0.252 e. The van der Waals surface area contributed by atoms with Crippen LogP contribution in [0.15, 0.2) is 0 Å². The van der Waals surface area contributed by atoms with E-state index in [2.05, 4.69) is 19.9 Å². The lowest BCUT2D eigenvalue weighted by atomic mass is 9.76. The summed E-state index contributed by atoms with van der Waals surface area (Å²) >= 11 is 0. The van der Waals surface area contributed by atoms with Crippen molar-refractivity contribution in [2.24, 2.45) is 5.92 Å². The molecule has 0 bridgehead atoms. The van der Waals surface area contributed by atoms with Gasteiger partial charge in [-0.15, -0.1) is 0 Å². The molecule has 4 nitrogen and oxygen atoms in total.